The molecule has 6 heteroatoms. The Morgan fingerprint density at radius 3 is 2.81 bits per heavy atom. The number of ether oxygens (including phenoxy) is 1. The first-order chi connectivity index (χ1) is 10.1. The monoisotopic (exact) mass is 306 g/mol. The predicted molar refractivity (Wildman–Crippen MR) is 81.6 cm³/mol. The van der Waals surface area contributed by atoms with Gasteiger partial charge in [0.15, 0.2) is 0 Å². The van der Waals surface area contributed by atoms with Gasteiger partial charge in [-0.3, -0.25) is 10.1 Å². The van der Waals surface area contributed by atoms with E-state index in [2.05, 4.69) is 5.32 Å². The first-order valence-corrected chi connectivity index (χ1v) is 6.77. The second-order valence-electron chi connectivity index (χ2n) is 4.50. The SMILES string of the molecule is CNCc1cccc(OCc2cc(Cl)ccc2[N+](=O)[O-])c1. The summed E-state index contributed by atoms with van der Waals surface area (Å²) in [4.78, 5) is 10.5. The molecular formula is C15H15ClN2O3. The molecule has 2 aromatic rings. The van der Waals surface area contributed by atoms with Gasteiger partial charge in [0.2, 0.25) is 0 Å². The third kappa shape index (κ3) is 4.18. The van der Waals surface area contributed by atoms with Gasteiger partial charge in [-0.05, 0) is 36.9 Å². The molecule has 21 heavy (non-hydrogen) atoms. The molecule has 0 aliphatic carbocycles. The maximum absolute atomic E-state index is 11.0. The van der Waals surface area contributed by atoms with E-state index in [1.807, 2.05) is 31.3 Å². The van der Waals surface area contributed by atoms with E-state index in [4.69, 9.17) is 16.3 Å². The summed E-state index contributed by atoms with van der Waals surface area (Å²) < 4.78 is 5.63. The number of hydrogen-bond donors (Lipinski definition) is 1. The van der Waals surface area contributed by atoms with Gasteiger partial charge in [0.05, 0.1) is 10.5 Å². The lowest BCUT2D eigenvalue weighted by Gasteiger charge is -2.09. The minimum absolute atomic E-state index is 0.00535. The lowest BCUT2D eigenvalue weighted by atomic mass is 10.2. The molecule has 0 fully saturated rings. The van der Waals surface area contributed by atoms with Crippen molar-refractivity contribution in [2.75, 3.05) is 7.05 Å². The number of nitrogens with zero attached hydrogens (tertiary/aromatic N) is 1. The fourth-order valence-electron chi connectivity index (χ4n) is 1.96. The van der Waals surface area contributed by atoms with E-state index in [0.717, 1.165) is 12.1 Å². The first-order valence-electron chi connectivity index (χ1n) is 6.39. The van der Waals surface area contributed by atoms with Gasteiger partial charge in [0.1, 0.15) is 12.4 Å². The van der Waals surface area contributed by atoms with Crippen LogP contribution >= 0.6 is 11.6 Å². The lowest BCUT2D eigenvalue weighted by molar-refractivity contribution is -0.385. The molecular weight excluding hydrogens is 292 g/mol. The van der Waals surface area contributed by atoms with Crippen LogP contribution in [-0.2, 0) is 13.2 Å². The van der Waals surface area contributed by atoms with Crippen LogP contribution < -0.4 is 10.1 Å². The number of nitro benzene ring substituents is 1. The summed E-state index contributed by atoms with van der Waals surface area (Å²) in [6, 6.07) is 12.0. The van der Waals surface area contributed by atoms with E-state index in [-0.39, 0.29) is 12.3 Å². The highest BCUT2D eigenvalue weighted by Gasteiger charge is 2.14. The van der Waals surface area contributed by atoms with Crippen LogP contribution in [0, 0.1) is 10.1 Å². The summed E-state index contributed by atoms with van der Waals surface area (Å²) in [7, 11) is 1.86. The number of nitrogens with one attached hydrogen (secondary N) is 1. The molecule has 0 radical (unpaired) electrons. The fourth-order valence-corrected chi connectivity index (χ4v) is 2.15. The van der Waals surface area contributed by atoms with Gasteiger partial charge in [-0.25, -0.2) is 0 Å². The molecule has 0 aliphatic rings. The van der Waals surface area contributed by atoms with Crippen molar-refractivity contribution >= 4 is 17.3 Å². The van der Waals surface area contributed by atoms with E-state index in [1.54, 1.807) is 6.07 Å². The van der Waals surface area contributed by atoms with Crippen LogP contribution in [-0.4, -0.2) is 12.0 Å². The Balaban J connectivity index is 2.14. The minimum Gasteiger partial charge on any atom is -0.489 e. The molecule has 0 spiro atoms. The largest absolute Gasteiger partial charge is 0.489 e. The van der Waals surface area contributed by atoms with E-state index >= 15 is 0 Å². The molecule has 0 bridgehead atoms. The summed E-state index contributed by atoms with van der Waals surface area (Å²) in [5.74, 6) is 0.664. The number of benzene rings is 2. The molecule has 110 valence electrons. The van der Waals surface area contributed by atoms with Gasteiger partial charge in [0.25, 0.3) is 5.69 Å². The van der Waals surface area contributed by atoms with Crippen LogP contribution in [0.4, 0.5) is 5.69 Å². The molecule has 1 N–H and O–H groups in total. The summed E-state index contributed by atoms with van der Waals surface area (Å²) in [5, 5.41) is 14.5. The molecule has 0 saturated carbocycles. The Bertz CT molecular complexity index is 647. The maximum Gasteiger partial charge on any atom is 0.276 e. The van der Waals surface area contributed by atoms with Gasteiger partial charge >= 0.3 is 0 Å². The Hall–Kier alpha value is -2.11. The van der Waals surface area contributed by atoms with Crippen LogP contribution in [0.25, 0.3) is 0 Å². The Morgan fingerprint density at radius 1 is 1.29 bits per heavy atom. The molecule has 0 aliphatic heterocycles. The highest BCUT2D eigenvalue weighted by Crippen LogP contribution is 2.24. The molecule has 2 aromatic carbocycles. The van der Waals surface area contributed by atoms with Gasteiger partial charge in [-0.2, -0.15) is 0 Å². The Labute approximate surface area is 127 Å². The standard InChI is InChI=1S/C15H15ClN2O3/c1-17-9-11-3-2-4-14(7-11)21-10-12-8-13(16)5-6-15(12)18(19)20/h2-8,17H,9-10H2,1H3. The average molecular weight is 307 g/mol. The Kier molecular flexibility index (Phi) is 5.14. The predicted octanol–water partition coefficient (Wildman–Crippen LogP) is 3.55. The smallest absolute Gasteiger partial charge is 0.276 e. The van der Waals surface area contributed by atoms with Gasteiger partial charge in [0, 0.05) is 17.6 Å². The van der Waals surface area contributed by atoms with Crippen LogP contribution in [0.1, 0.15) is 11.1 Å². The van der Waals surface area contributed by atoms with Crippen molar-refractivity contribution < 1.29 is 9.66 Å². The molecule has 2 rings (SSSR count). The summed E-state index contributed by atoms with van der Waals surface area (Å²) in [6.07, 6.45) is 0. The van der Waals surface area contributed by atoms with Crippen molar-refractivity contribution in [3.63, 3.8) is 0 Å². The number of nitro groups is 1. The highest BCUT2D eigenvalue weighted by molar-refractivity contribution is 6.30. The molecule has 0 atom stereocenters. The molecule has 0 heterocycles. The molecule has 0 unspecified atom stereocenters. The average Bonchev–Trinajstić information content (AvgIpc) is 2.45. The topological polar surface area (TPSA) is 64.4 Å². The zero-order valence-electron chi connectivity index (χ0n) is 11.5. The molecule has 0 amide bonds. The zero-order valence-corrected chi connectivity index (χ0v) is 12.3. The first kappa shape index (κ1) is 15.3. The van der Waals surface area contributed by atoms with E-state index in [1.165, 1.54) is 12.1 Å². The van der Waals surface area contributed by atoms with E-state index < -0.39 is 4.92 Å². The lowest BCUT2D eigenvalue weighted by Crippen LogP contribution is -2.05. The second-order valence-corrected chi connectivity index (χ2v) is 4.93. The van der Waals surface area contributed by atoms with E-state index in [9.17, 15) is 10.1 Å². The van der Waals surface area contributed by atoms with Crippen LogP contribution in [0.15, 0.2) is 42.5 Å². The summed E-state index contributed by atoms with van der Waals surface area (Å²) >= 11 is 5.88. The van der Waals surface area contributed by atoms with Crippen LogP contribution in [0.2, 0.25) is 5.02 Å². The second kappa shape index (κ2) is 7.06. The van der Waals surface area contributed by atoms with Gasteiger partial charge < -0.3 is 10.1 Å². The Morgan fingerprint density at radius 2 is 2.10 bits per heavy atom. The summed E-state index contributed by atoms with van der Waals surface area (Å²) in [5.41, 5.74) is 1.54. The summed E-state index contributed by atoms with van der Waals surface area (Å²) in [6.45, 7) is 0.828. The van der Waals surface area contributed by atoms with Crippen molar-refractivity contribution in [3.05, 3.63) is 68.7 Å². The molecule has 0 saturated heterocycles. The third-order valence-corrected chi connectivity index (χ3v) is 3.15. The van der Waals surface area contributed by atoms with Crippen molar-refractivity contribution in [2.24, 2.45) is 0 Å². The maximum atomic E-state index is 11.0. The van der Waals surface area contributed by atoms with Gasteiger partial charge in [-0.15, -0.1) is 0 Å². The normalized spacial score (nSPS) is 10.4. The molecule has 5 nitrogen and oxygen atoms in total. The van der Waals surface area contributed by atoms with Crippen molar-refractivity contribution in [3.8, 4) is 5.75 Å². The minimum atomic E-state index is -0.438. The van der Waals surface area contributed by atoms with Gasteiger partial charge in [-0.1, -0.05) is 23.7 Å². The van der Waals surface area contributed by atoms with E-state index in [0.29, 0.717) is 16.3 Å². The molecule has 0 aromatic heterocycles. The fraction of sp³-hybridized carbons (Fsp3) is 0.200. The highest BCUT2D eigenvalue weighted by atomic mass is 35.5. The number of hydrogen-bond acceptors (Lipinski definition) is 4. The third-order valence-electron chi connectivity index (χ3n) is 2.91. The number of halogens is 1. The van der Waals surface area contributed by atoms with Crippen LogP contribution in [0.5, 0.6) is 5.75 Å². The van der Waals surface area contributed by atoms with Crippen LogP contribution in [0.3, 0.4) is 0 Å². The quantitative estimate of drug-likeness (QED) is 0.655. The van der Waals surface area contributed by atoms with Crippen molar-refractivity contribution in [2.45, 2.75) is 13.2 Å². The van der Waals surface area contributed by atoms with Crippen molar-refractivity contribution in [1.29, 1.82) is 0 Å². The van der Waals surface area contributed by atoms with Crippen molar-refractivity contribution in [1.82, 2.24) is 5.32 Å². The zero-order chi connectivity index (χ0) is 15.2. The number of rotatable bonds is 6.